The van der Waals surface area contributed by atoms with Gasteiger partial charge >= 0.3 is 0 Å². The zero-order chi connectivity index (χ0) is 13.5. The molecular weight excluding hydrogens is 233 g/mol. The molecule has 0 radical (unpaired) electrons. The summed E-state index contributed by atoms with van der Waals surface area (Å²) in [6, 6.07) is 4.64. The molecule has 0 unspecified atom stereocenters. The van der Waals surface area contributed by atoms with Gasteiger partial charge in [-0.2, -0.15) is 0 Å². The fourth-order valence-corrected chi connectivity index (χ4v) is 1.73. The van der Waals surface area contributed by atoms with Crippen LogP contribution in [0.15, 0.2) is 18.2 Å². The largest absolute Gasteiger partial charge is 0.359 e. The number of hydrogen-bond donors (Lipinski definition) is 2. The zero-order valence-electron chi connectivity index (χ0n) is 10.9. The predicted octanol–water partition coefficient (Wildman–Crippen LogP) is 0.852. The summed E-state index contributed by atoms with van der Waals surface area (Å²) in [4.78, 5) is 13.1. The van der Waals surface area contributed by atoms with Crippen LogP contribution in [0.1, 0.15) is 17.5 Å². The maximum Gasteiger partial charge on any atom is 0.221 e. The van der Waals surface area contributed by atoms with E-state index in [-0.39, 0.29) is 11.7 Å². The van der Waals surface area contributed by atoms with Gasteiger partial charge in [-0.3, -0.25) is 4.79 Å². The summed E-state index contributed by atoms with van der Waals surface area (Å²) in [5.41, 5.74) is 7.40. The number of nitrogens with zero attached hydrogens (tertiary/aromatic N) is 1. The minimum absolute atomic E-state index is 0.0139. The SMILES string of the molecule is CNC(=O)CCN(C)Cc1ccc(F)cc1CN. The maximum atomic E-state index is 13.0. The van der Waals surface area contributed by atoms with Gasteiger partial charge in [0, 0.05) is 33.1 Å². The molecule has 0 bridgehead atoms. The molecule has 0 aliphatic rings. The number of carbonyl (C=O) groups excluding carboxylic acids is 1. The van der Waals surface area contributed by atoms with Crippen molar-refractivity contribution in [3.63, 3.8) is 0 Å². The number of halogens is 1. The third-order valence-corrected chi connectivity index (χ3v) is 2.83. The van der Waals surface area contributed by atoms with Crippen LogP contribution in [0, 0.1) is 5.82 Å². The Bertz CT molecular complexity index is 409. The van der Waals surface area contributed by atoms with E-state index >= 15 is 0 Å². The van der Waals surface area contributed by atoms with E-state index in [1.165, 1.54) is 12.1 Å². The maximum absolute atomic E-state index is 13.0. The lowest BCUT2D eigenvalue weighted by Gasteiger charge is -2.18. The number of rotatable bonds is 6. The average Bonchev–Trinajstić information content (AvgIpc) is 2.37. The summed E-state index contributed by atoms with van der Waals surface area (Å²) in [6.07, 6.45) is 0.451. The molecule has 0 atom stereocenters. The van der Waals surface area contributed by atoms with E-state index in [9.17, 15) is 9.18 Å². The molecule has 0 aliphatic heterocycles. The average molecular weight is 253 g/mol. The van der Waals surface area contributed by atoms with Gasteiger partial charge in [0.25, 0.3) is 0 Å². The Morgan fingerprint density at radius 1 is 1.44 bits per heavy atom. The van der Waals surface area contributed by atoms with Crippen LogP contribution < -0.4 is 11.1 Å². The second-order valence-corrected chi connectivity index (χ2v) is 4.28. The fraction of sp³-hybridized carbons (Fsp3) is 0.462. The Balaban J connectivity index is 2.58. The standard InChI is InChI=1S/C13H20FN3O/c1-16-13(18)5-6-17(2)9-10-3-4-12(14)7-11(10)8-15/h3-4,7H,5-6,8-9,15H2,1-2H3,(H,16,18). The molecule has 0 spiro atoms. The molecule has 100 valence electrons. The second-order valence-electron chi connectivity index (χ2n) is 4.28. The van der Waals surface area contributed by atoms with Gasteiger partial charge in [-0.25, -0.2) is 4.39 Å². The Labute approximate surface area is 107 Å². The molecule has 1 aromatic carbocycles. The van der Waals surface area contributed by atoms with Gasteiger partial charge in [-0.1, -0.05) is 6.07 Å². The summed E-state index contributed by atoms with van der Waals surface area (Å²) in [5.74, 6) is -0.257. The molecule has 0 fully saturated rings. The van der Waals surface area contributed by atoms with E-state index in [2.05, 4.69) is 5.32 Å². The van der Waals surface area contributed by atoms with Gasteiger partial charge in [-0.05, 0) is 30.3 Å². The van der Waals surface area contributed by atoms with Crippen molar-refractivity contribution in [3.8, 4) is 0 Å². The van der Waals surface area contributed by atoms with Crippen molar-refractivity contribution in [1.82, 2.24) is 10.2 Å². The van der Waals surface area contributed by atoms with E-state index in [4.69, 9.17) is 5.73 Å². The first-order chi connectivity index (χ1) is 8.56. The minimum atomic E-state index is -0.271. The zero-order valence-corrected chi connectivity index (χ0v) is 10.9. The molecule has 1 aromatic rings. The summed E-state index contributed by atoms with van der Waals surface area (Å²) < 4.78 is 13.0. The highest BCUT2D eigenvalue weighted by Gasteiger charge is 2.07. The number of hydrogen-bond acceptors (Lipinski definition) is 3. The quantitative estimate of drug-likeness (QED) is 0.790. The topological polar surface area (TPSA) is 58.4 Å². The summed E-state index contributed by atoms with van der Waals surface area (Å²) in [5, 5.41) is 2.58. The van der Waals surface area contributed by atoms with Crippen LogP contribution in [0.4, 0.5) is 4.39 Å². The van der Waals surface area contributed by atoms with Gasteiger partial charge < -0.3 is 16.0 Å². The molecule has 5 heteroatoms. The third kappa shape index (κ3) is 4.43. The smallest absolute Gasteiger partial charge is 0.221 e. The van der Waals surface area contributed by atoms with Crippen molar-refractivity contribution in [3.05, 3.63) is 35.1 Å². The molecule has 3 N–H and O–H groups in total. The summed E-state index contributed by atoms with van der Waals surface area (Å²) in [7, 11) is 3.54. The van der Waals surface area contributed by atoms with E-state index in [0.29, 0.717) is 26.1 Å². The lowest BCUT2D eigenvalue weighted by atomic mass is 10.1. The van der Waals surface area contributed by atoms with E-state index < -0.39 is 0 Å². The van der Waals surface area contributed by atoms with Gasteiger partial charge in [0.05, 0.1) is 0 Å². The van der Waals surface area contributed by atoms with E-state index in [1.54, 1.807) is 13.1 Å². The number of nitrogens with one attached hydrogen (secondary N) is 1. The number of amides is 1. The monoisotopic (exact) mass is 253 g/mol. The van der Waals surface area contributed by atoms with Gasteiger partial charge in [0.2, 0.25) is 5.91 Å². The van der Waals surface area contributed by atoms with Gasteiger partial charge in [0.1, 0.15) is 5.82 Å². The van der Waals surface area contributed by atoms with Crippen molar-refractivity contribution in [1.29, 1.82) is 0 Å². The summed E-state index contributed by atoms with van der Waals surface area (Å²) >= 11 is 0. The first-order valence-electron chi connectivity index (χ1n) is 5.93. The van der Waals surface area contributed by atoms with Crippen molar-refractivity contribution >= 4 is 5.91 Å². The molecule has 0 heterocycles. The number of carbonyl (C=O) groups is 1. The number of nitrogens with two attached hydrogens (primary N) is 1. The van der Waals surface area contributed by atoms with Crippen molar-refractivity contribution in [2.24, 2.45) is 5.73 Å². The normalized spacial score (nSPS) is 10.7. The fourth-order valence-electron chi connectivity index (χ4n) is 1.73. The van der Waals surface area contributed by atoms with Crippen LogP contribution in [-0.4, -0.2) is 31.4 Å². The third-order valence-electron chi connectivity index (χ3n) is 2.83. The molecule has 4 nitrogen and oxygen atoms in total. The van der Waals surface area contributed by atoms with Crippen molar-refractivity contribution in [2.75, 3.05) is 20.6 Å². The molecule has 1 amide bonds. The molecule has 0 aliphatic carbocycles. The van der Waals surface area contributed by atoms with Crippen molar-refractivity contribution < 1.29 is 9.18 Å². The highest BCUT2D eigenvalue weighted by atomic mass is 19.1. The summed E-state index contributed by atoms with van der Waals surface area (Å²) in [6.45, 7) is 1.63. The minimum Gasteiger partial charge on any atom is -0.359 e. The van der Waals surface area contributed by atoms with Crippen LogP contribution in [0.2, 0.25) is 0 Å². The lowest BCUT2D eigenvalue weighted by Crippen LogP contribution is -2.26. The second kappa shape index (κ2) is 7.08. The Hall–Kier alpha value is -1.46. The molecule has 0 aromatic heterocycles. The molecular formula is C13H20FN3O. The van der Waals surface area contributed by atoms with Crippen LogP contribution in [-0.2, 0) is 17.9 Å². The molecule has 0 saturated heterocycles. The first-order valence-corrected chi connectivity index (χ1v) is 5.93. The van der Waals surface area contributed by atoms with Crippen LogP contribution in [0.25, 0.3) is 0 Å². The van der Waals surface area contributed by atoms with E-state index in [0.717, 1.165) is 11.1 Å². The van der Waals surface area contributed by atoms with E-state index in [1.807, 2.05) is 11.9 Å². The molecule has 0 saturated carbocycles. The first kappa shape index (κ1) is 14.6. The Morgan fingerprint density at radius 2 is 2.17 bits per heavy atom. The highest BCUT2D eigenvalue weighted by Crippen LogP contribution is 2.13. The van der Waals surface area contributed by atoms with Crippen LogP contribution in [0.3, 0.4) is 0 Å². The lowest BCUT2D eigenvalue weighted by molar-refractivity contribution is -0.120. The van der Waals surface area contributed by atoms with Gasteiger partial charge in [-0.15, -0.1) is 0 Å². The Morgan fingerprint density at radius 3 is 2.78 bits per heavy atom. The van der Waals surface area contributed by atoms with Crippen LogP contribution in [0.5, 0.6) is 0 Å². The number of benzene rings is 1. The molecule has 1 rings (SSSR count). The Kier molecular flexibility index (Phi) is 5.74. The highest BCUT2D eigenvalue weighted by molar-refractivity contribution is 5.75. The molecule has 18 heavy (non-hydrogen) atoms. The van der Waals surface area contributed by atoms with Gasteiger partial charge in [0.15, 0.2) is 0 Å². The predicted molar refractivity (Wildman–Crippen MR) is 69.3 cm³/mol. The van der Waals surface area contributed by atoms with Crippen molar-refractivity contribution in [2.45, 2.75) is 19.5 Å². The van der Waals surface area contributed by atoms with Crippen LogP contribution >= 0.6 is 0 Å².